The van der Waals surface area contributed by atoms with Crippen molar-refractivity contribution in [3.8, 4) is 0 Å². The summed E-state index contributed by atoms with van der Waals surface area (Å²) in [4.78, 5) is 23.3. The number of hydrogen-bond acceptors (Lipinski definition) is 2. The lowest BCUT2D eigenvalue weighted by Crippen LogP contribution is -2.28. The Bertz CT molecular complexity index is 696. The van der Waals surface area contributed by atoms with Crippen molar-refractivity contribution in [3.05, 3.63) is 65.2 Å². The van der Waals surface area contributed by atoms with Crippen LogP contribution in [0.1, 0.15) is 40.9 Å². The summed E-state index contributed by atoms with van der Waals surface area (Å²) in [7, 11) is 0. The van der Waals surface area contributed by atoms with E-state index in [1.807, 2.05) is 38.1 Å². The molecule has 0 aromatic heterocycles. The Kier molecular flexibility index (Phi) is 5.36. The molecule has 0 radical (unpaired) electrons. The van der Waals surface area contributed by atoms with E-state index in [1.165, 1.54) is 5.56 Å². The van der Waals surface area contributed by atoms with Crippen LogP contribution >= 0.6 is 0 Å². The highest BCUT2D eigenvalue weighted by molar-refractivity contribution is 5.96. The van der Waals surface area contributed by atoms with E-state index >= 15 is 0 Å². The first-order valence-corrected chi connectivity index (χ1v) is 7.53. The van der Waals surface area contributed by atoms with E-state index in [0.717, 1.165) is 12.0 Å². The molecule has 0 aliphatic rings. The first-order chi connectivity index (χ1) is 11.0. The number of amides is 3. The van der Waals surface area contributed by atoms with Crippen molar-refractivity contribution in [2.75, 3.05) is 5.32 Å². The molecule has 0 heterocycles. The molecule has 0 bridgehead atoms. The zero-order chi connectivity index (χ0) is 16.8. The van der Waals surface area contributed by atoms with Gasteiger partial charge in [0.25, 0.3) is 5.91 Å². The van der Waals surface area contributed by atoms with Crippen molar-refractivity contribution in [2.24, 2.45) is 5.73 Å². The van der Waals surface area contributed by atoms with E-state index in [1.54, 1.807) is 24.3 Å². The maximum Gasteiger partial charge on any atom is 0.316 e. The van der Waals surface area contributed by atoms with Crippen LogP contribution in [0.2, 0.25) is 0 Å². The number of rotatable bonds is 5. The van der Waals surface area contributed by atoms with E-state index in [4.69, 9.17) is 5.73 Å². The summed E-state index contributed by atoms with van der Waals surface area (Å²) in [6.45, 7) is 4.05. The highest BCUT2D eigenvalue weighted by Crippen LogP contribution is 2.18. The molecule has 120 valence electrons. The molecule has 1 atom stereocenters. The van der Waals surface area contributed by atoms with Crippen LogP contribution < -0.4 is 16.4 Å². The zero-order valence-corrected chi connectivity index (χ0v) is 13.3. The maximum atomic E-state index is 12.4. The minimum Gasteiger partial charge on any atom is -0.351 e. The first kappa shape index (κ1) is 16.5. The number of aryl methyl sites for hydroxylation is 1. The molecule has 23 heavy (non-hydrogen) atoms. The number of nitrogens with one attached hydrogen (secondary N) is 2. The highest BCUT2D eigenvalue weighted by Gasteiger charge is 2.14. The van der Waals surface area contributed by atoms with Gasteiger partial charge in [0.1, 0.15) is 0 Å². The van der Waals surface area contributed by atoms with Gasteiger partial charge in [-0.25, -0.2) is 4.79 Å². The zero-order valence-electron chi connectivity index (χ0n) is 13.3. The average molecular weight is 311 g/mol. The first-order valence-electron chi connectivity index (χ1n) is 7.53. The van der Waals surface area contributed by atoms with Crippen LogP contribution in [0.5, 0.6) is 0 Å². The number of nitrogens with two attached hydrogens (primary N) is 1. The lowest BCUT2D eigenvalue weighted by Gasteiger charge is -2.18. The summed E-state index contributed by atoms with van der Waals surface area (Å²) in [5, 5.41) is 5.48. The van der Waals surface area contributed by atoms with Gasteiger partial charge in [-0.05, 0) is 37.1 Å². The Morgan fingerprint density at radius 1 is 1.13 bits per heavy atom. The van der Waals surface area contributed by atoms with Crippen LogP contribution in [-0.2, 0) is 0 Å². The Morgan fingerprint density at radius 2 is 1.83 bits per heavy atom. The Hall–Kier alpha value is -2.82. The van der Waals surface area contributed by atoms with Gasteiger partial charge >= 0.3 is 6.03 Å². The molecule has 0 aliphatic heterocycles. The number of urea groups is 1. The Morgan fingerprint density at radius 3 is 2.43 bits per heavy atom. The van der Waals surface area contributed by atoms with Gasteiger partial charge in [0.2, 0.25) is 0 Å². The SMILES string of the molecule is CCC(NC(=O)c1cccc(NC(N)=O)c1)c1ccc(C)cc1. The quantitative estimate of drug-likeness (QED) is 0.791. The molecular weight excluding hydrogens is 290 g/mol. The smallest absolute Gasteiger partial charge is 0.316 e. The molecule has 2 aromatic rings. The van der Waals surface area contributed by atoms with Gasteiger partial charge in [-0.2, -0.15) is 0 Å². The molecule has 4 N–H and O–H groups in total. The molecular formula is C18H21N3O2. The minimum atomic E-state index is -0.659. The van der Waals surface area contributed by atoms with E-state index < -0.39 is 6.03 Å². The molecule has 5 heteroatoms. The predicted octanol–water partition coefficient (Wildman–Crippen LogP) is 3.37. The van der Waals surface area contributed by atoms with Crippen molar-refractivity contribution in [1.29, 1.82) is 0 Å². The number of anilines is 1. The molecule has 2 aromatic carbocycles. The fourth-order valence-electron chi connectivity index (χ4n) is 2.34. The number of primary amides is 1. The number of benzene rings is 2. The van der Waals surface area contributed by atoms with Crippen molar-refractivity contribution >= 4 is 17.6 Å². The summed E-state index contributed by atoms with van der Waals surface area (Å²) in [5.41, 5.74) is 8.31. The molecule has 0 aliphatic carbocycles. The molecule has 0 fully saturated rings. The van der Waals surface area contributed by atoms with Crippen molar-refractivity contribution < 1.29 is 9.59 Å². The van der Waals surface area contributed by atoms with Gasteiger partial charge < -0.3 is 16.4 Å². The van der Waals surface area contributed by atoms with Gasteiger partial charge in [-0.15, -0.1) is 0 Å². The van der Waals surface area contributed by atoms with Crippen LogP contribution in [0.4, 0.5) is 10.5 Å². The second-order valence-corrected chi connectivity index (χ2v) is 5.42. The van der Waals surface area contributed by atoms with Crippen LogP contribution in [0.15, 0.2) is 48.5 Å². The topological polar surface area (TPSA) is 84.2 Å². The normalized spacial score (nSPS) is 11.6. The number of carbonyl (C=O) groups excluding carboxylic acids is 2. The van der Waals surface area contributed by atoms with Crippen LogP contribution in [0, 0.1) is 6.92 Å². The monoisotopic (exact) mass is 311 g/mol. The van der Waals surface area contributed by atoms with Gasteiger partial charge in [-0.3, -0.25) is 4.79 Å². The van der Waals surface area contributed by atoms with Crippen molar-refractivity contribution in [2.45, 2.75) is 26.3 Å². The second kappa shape index (κ2) is 7.45. The maximum absolute atomic E-state index is 12.4. The van der Waals surface area contributed by atoms with Crippen LogP contribution in [0.25, 0.3) is 0 Å². The summed E-state index contributed by atoms with van der Waals surface area (Å²) in [5.74, 6) is -0.189. The van der Waals surface area contributed by atoms with E-state index in [-0.39, 0.29) is 11.9 Å². The number of hydrogen-bond donors (Lipinski definition) is 3. The minimum absolute atomic E-state index is 0.0594. The lowest BCUT2D eigenvalue weighted by atomic mass is 10.0. The third-order valence-corrected chi connectivity index (χ3v) is 3.59. The van der Waals surface area contributed by atoms with E-state index in [2.05, 4.69) is 10.6 Å². The Balaban J connectivity index is 2.13. The van der Waals surface area contributed by atoms with Crippen molar-refractivity contribution in [1.82, 2.24) is 5.32 Å². The van der Waals surface area contributed by atoms with Crippen LogP contribution in [-0.4, -0.2) is 11.9 Å². The molecule has 0 saturated heterocycles. The summed E-state index contributed by atoms with van der Waals surface area (Å²) in [6, 6.07) is 14.1. The molecule has 1 unspecified atom stereocenters. The molecule has 5 nitrogen and oxygen atoms in total. The lowest BCUT2D eigenvalue weighted by molar-refractivity contribution is 0.0935. The molecule has 3 amide bonds. The summed E-state index contributed by atoms with van der Waals surface area (Å²) in [6.07, 6.45) is 0.786. The van der Waals surface area contributed by atoms with Gasteiger partial charge in [0.05, 0.1) is 6.04 Å². The number of carbonyl (C=O) groups is 2. The average Bonchev–Trinajstić information content (AvgIpc) is 2.53. The fourth-order valence-corrected chi connectivity index (χ4v) is 2.34. The third-order valence-electron chi connectivity index (χ3n) is 3.59. The van der Waals surface area contributed by atoms with Crippen LogP contribution in [0.3, 0.4) is 0 Å². The fraction of sp³-hybridized carbons (Fsp3) is 0.222. The second-order valence-electron chi connectivity index (χ2n) is 5.42. The molecule has 0 saturated carbocycles. The summed E-state index contributed by atoms with van der Waals surface area (Å²) < 4.78 is 0. The third kappa shape index (κ3) is 4.57. The van der Waals surface area contributed by atoms with Gasteiger partial charge in [0, 0.05) is 11.3 Å². The van der Waals surface area contributed by atoms with E-state index in [9.17, 15) is 9.59 Å². The largest absolute Gasteiger partial charge is 0.351 e. The van der Waals surface area contributed by atoms with Gasteiger partial charge in [0.15, 0.2) is 0 Å². The van der Waals surface area contributed by atoms with Crippen molar-refractivity contribution in [3.63, 3.8) is 0 Å². The van der Waals surface area contributed by atoms with Gasteiger partial charge in [-0.1, -0.05) is 42.8 Å². The van der Waals surface area contributed by atoms with E-state index in [0.29, 0.717) is 11.3 Å². The predicted molar refractivity (Wildman–Crippen MR) is 91.3 cm³/mol. The standard InChI is InChI=1S/C18H21N3O2/c1-3-16(13-9-7-12(2)8-10-13)21-17(22)14-5-4-6-15(11-14)20-18(19)23/h4-11,16H,3H2,1-2H3,(H,21,22)(H3,19,20,23). The Labute approximate surface area is 135 Å². The highest BCUT2D eigenvalue weighted by atomic mass is 16.2. The molecule has 0 spiro atoms. The molecule has 2 rings (SSSR count). The summed E-state index contributed by atoms with van der Waals surface area (Å²) >= 11 is 0.